The number of aromatic nitrogens is 1. The monoisotopic (exact) mass is 269 g/mol. The van der Waals surface area contributed by atoms with Crippen LogP contribution in [0.5, 0.6) is 0 Å². The summed E-state index contributed by atoms with van der Waals surface area (Å²) in [5, 5.41) is 2.81. The van der Waals surface area contributed by atoms with Gasteiger partial charge in [-0.05, 0) is 37.8 Å². The van der Waals surface area contributed by atoms with Gasteiger partial charge < -0.3 is 5.32 Å². The molecule has 1 saturated carbocycles. The highest BCUT2D eigenvalue weighted by Crippen LogP contribution is 2.36. The molecule has 0 radical (unpaired) electrons. The number of nitrogens with zero attached hydrogens (tertiary/aromatic N) is 1. The van der Waals surface area contributed by atoms with E-state index in [1.165, 1.54) is 0 Å². The predicted octanol–water partition coefficient (Wildman–Crippen LogP) is 1.73. The molecule has 2 rings (SSSR count). The normalized spacial score (nSPS) is 18.1. The summed E-state index contributed by atoms with van der Waals surface area (Å²) in [4.78, 5) is 4.25. The van der Waals surface area contributed by atoms with Gasteiger partial charge in [0.15, 0.2) is 0 Å². The molecular weight excluding hydrogens is 250 g/mol. The molecule has 6 heteroatoms. The minimum atomic E-state index is -3.51. The van der Waals surface area contributed by atoms with Gasteiger partial charge in [0.2, 0.25) is 10.0 Å². The summed E-state index contributed by atoms with van der Waals surface area (Å²) in [6.07, 6.45) is 5.31. The second-order valence-corrected chi connectivity index (χ2v) is 6.34. The van der Waals surface area contributed by atoms with Crippen molar-refractivity contribution >= 4 is 15.8 Å². The van der Waals surface area contributed by atoms with Crippen LogP contribution in [0, 0.1) is 0 Å². The van der Waals surface area contributed by atoms with Crippen LogP contribution in [-0.2, 0) is 10.0 Å². The molecule has 0 amide bonds. The molecule has 0 aromatic carbocycles. The highest BCUT2D eigenvalue weighted by atomic mass is 32.2. The van der Waals surface area contributed by atoms with Crippen molar-refractivity contribution in [3.8, 4) is 0 Å². The summed E-state index contributed by atoms with van der Waals surface area (Å²) in [6, 6.07) is 3.21. The number of sulfonamides is 1. The summed E-state index contributed by atoms with van der Waals surface area (Å²) >= 11 is 0. The first-order valence-corrected chi connectivity index (χ1v) is 7.68. The molecule has 0 bridgehead atoms. The largest absolute Gasteiger partial charge is 0.372 e. The average Bonchev–Trinajstić information content (AvgIpc) is 2.34. The number of anilines is 1. The molecule has 2 N–H and O–H groups in total. The van der Waals surface area contributed by atoms with E-state index in [1.807, 2.05) is 6.92 Å². The van der Waals surface area contributed by atoms with Crippen LogP contribution in [0.3, 0.4) is 0 Å². The minimum absolute atomic E-state index is 0.215. The fourth-order valence-corrected chi connectivity index (χ4v) is 3.96. The number of hydrogen-bond donors (Lipinski definition) is 2. The van der Waals surface area contributed by atoms with E-state index in [0.717, 1.165) is 25.7 Å². The molecule has 1 heterocycles. The van der Waals surface area contributed by atoms with E-state index in [1.54, 1.807) is 25.4 Å². The number of hydrogen-bond acceptors (Lipinski definition) is 4. The van der Waals surface area contributed by atoms with Crippen molar-refractivity contribution in [3.63, 3.8) is 0 Å². The second-order valence-electron chi connectivity index (χ2n) is 4.69. The predicted molar refractivity (Wildman–Crippen MR) is 71.0 cm³/mol. The van der Waals surface area contributed by atoms with Gasteiger partial charge in [-0.25, -0.2) is 18.1 Å². The SMILES string of the molecule is CCC1(NS(=O)(=O)c2cccnc2NC)CCC1. The molecule has 0 unspecified atom stereocenters. The maximum atomic E-state index is 12.4. The molecule has 18 heavy (non-hydrogen) atoms. The van der Waals surface area contributed by atoms with Gasteiger partial charge in [-0.3, -0.25) is 0 Å². The van der Waals surface area contributed by atoms with Crippen molar-refractivity contribution in [2.24, 2.45) is 0 Å². The zero-order valence-electron chi connectivity index (χ0n) is 10.7. The van der Waals surface area contributed by atoms with Gasteiger partial charge in [0.1, 0.15) is 10.7 Å². The van der Waals surface area contributed by atoms with Gasteiger partial charge in [-0.1, -0.05) is 6.92 Å². The van der Waals surface area contributed by atoms with E-state index in [2.05, 4.69) is 15.0 Å². The number of nitrogens with one attached hydrogen (secondary N) is 2. The van der Waals surface area contributed by atoms with Crippen LogP contribution in [0.15, 0.2) is 23.2 Å². The van der Waals surface area contributed by atoms with Gasteiger partial charge in [0.05, 0.1) is 0 Å². The first kappa shape index (κ1) is 13.3. The van der Waals surface area contributed by atoms with Crippen molar-refractivity contribution in [2.45, 2.75) is 43.0 Å². The van der Waals surface area contributed by atoms with Gasteiger partial charge >= 0.3 is 0 Å². The molecule has 0 spiro atoms. The highest BCUT2D eigenvalue weighted by Gasteiger charge is 2.39. The molecule has 0 aliphatic heterocycles. The summed E-state index contributed by atoms with van der Waals surface area (Å²) in [5.41, 5.74) is -0.250. The maximum absolute atomic E-state index is 12.4. The Morgan fingerprint density at radius 1 is 1.44 bits per heavy atom. The first-order chi connectivity index (χ1) is 8.53. The van der Waals surface area contributed by atoms with Crippen molar-refractivity contribution in [2.75, 3.05) is 12.4 Å². The lowest BCUT2D eigenvalue weighted by molar-refractivity contribution is 0.214. The van der Waals surface area contributed by atoms with Gasteiger partial charge in [-0.15, -0.1) is 0 Å². The van der Waals surface area contributed by atoms with Crippen molar-refractivity contribution in [3.05, 3.63) is 18.3 Å². The van der Waals surface area contributed by atoms with Crippen LogP contribution in [-0.4, -0.2) is 26.0 Å². The Balaban J connectivity index is 2.31. The average molecular weight is 269 g/mol. The zero-order valence-corrected chi connectivity index (χ0v) is 11.5. The van der Waals surface area contributed by atoms with Gasteiger partial charge in [0, 0.05) is 18.8 Å². The summed E-state index contributed by atoms with van der Waals surface area (Å²) in [6.45, 7) is 2.02. The Morgan fingerprint density at radius 2 is 2.17 bits per heavy atom. The Hall–Kier alpha value is -1.14. The minimum Gasteiger partial charge on any atom is -0.372 e. The highest BCUT2D eigenvalue weighted by molar-refractivity contribution is 7.89. The smallest absolute Gasteiger partial charge is 0.244 e. The first-order valence-electron chi connectivity index (χ1n) is 6.20. The molecule has 1 aromatic rings. The van der Waals surface area contributed by atoms with Crippen molar-refractivity contribution in [1.29, 1.82) is 0 Å². The fourth-order valence-electron chi connectivity index (χ4n) is 2.27. The quantitative estimate of drug-likeness (QED) is 0.854. The molecule has 100 valence electrons. The molecule has 1 fully saturated rings. The van der Waals surface area contributed by atoms with E-state index in [9.17, 15) is 8.42 Å². The molecule has 5 nitrogen and oxygen atoms in total. The third-order valence-electron chi connectivity index (χ3n) is 3.64. The van der Waals surface area contributed by atoms with Crippen LogP contribution in [0.2, 0.25) is 0 Å². The number of rotatable bonds is 5. The van der Waals surface area contributed by atoms with E-state index in [-0.39, 0.29) is 10.4 Å². The number of pyridine rings is 1. The Morgan fingerprint density at radius 3 is 2.67 bits per heavy atom. The van der Waals surface area contributed by atoms with Gasteiger partial charge in [-0.2, -0.15) is 0 Å². The third kappa shape index (κ3) is 2.35. The standard InChI is InChI=1S/C12H19N3O2S/c1-3-12(7-5-8-12)15-18(16,17)10-6-4-9-14-11(10)13-2/h4,6,9,15H,3,5,7-8H2,1-2H3,(H,13,14). The van der Waals surface area contributed by atoms with Crippen LogP contribution < -0.4 is 10.0 Å². The van der Waals surface area contributed by atoms with Crippen LogP contribution in [0.4, 0.5) is 5.82 Å². The maximum Gasteiger partial charge on any atom is 0.244 e. The Kier molecular flexibility index (Phi) is 3.59. The molecule has 1 aromatic heterocycles. The lowest BCUT2D eigenvalue weighted by Crippen LogP contribution is -2.52. The zero-order chi connectivity index (χ0) is 13.2. The van der Waals surface area contributed by atoms with Gasteiger partial charge in [0.25, 0.3) is 0 Å². The summed E-state index contributed by atoms with van der Waals surface area (Å²) in [5.74, 6) is 0.385. The van der Waals surface area contributed by atoms with Crippen LogP contribution >= 0.6 is 0 Å². The van der Waals surface area contributed by atoms with E-state index in [4.69, 9.17) is 0 Å². The molecular formula is C12H19N3O2S. The topological polar surface area (TPSA) is 71.1 Å². The third-order valence-corrected chi connectivity index (χ3v) is 5.25. The fraction of sp³-hybridized carbons (Fsp3) is 0.583. The molecule has 0 atom stereocenters. The molecule has 0 saturated heterocycles. The van der Waals surface area contributed by atoms with E-state index < -0.39 is 10.0 Å². The van der Waals surface area contributed by atoms with Crippen molar-refractivity contribution in [1.82, 2.24) is 9.71 Å². The lowest BCUT2D eigenvalue weighted by Gasteiger charge is -2.41. The summed E-state index contributed by atoms with van der Waals surface area (Å²) in [7, 11) is -1.84. The van der Waals surface area contributed by atoms with Crippen LogP contribution in [0.1, 0.15) is 32.6 Å². The summed E-state index contributed by atoms with van der Waals surface area (Å²) < 4.78 is 27.6. The second kappa shape index (κ2) is 4.85. The van der Waals surface area contributed by atoms with Crippen molar-refractivity contribution < 1.29 is 8.42 Å². The van der Waals surface area contributed by atoms with E-state index in [0.29, 0.717) is 5.82 Å². The Bertz CT molecular complexity index is 518. The lowest BCUT2D eigenvalue weighted by atomic mass is 9.76. The Labute approximate surface area is 108 Å². The van der Waals surface area contributed by atoms with Crippen LogP contribution in [0.25, 0.3) is 0 Å². The molecule has 1 aliphatic rings. The molecule has 1 aliphatic carbocycles. The van der Waals surface area contributed by atoms with E-state index >= 15 is 0 Å².